The second-order valence-corrected chi connectivity index (χ2v) is 11.3. The summed E-state index contributed by atoms with van der Waals surface area (Å²) in [6, 6.07) is 12.7. The van der Waals surface area contributed by atoms with E-state index < -0.39 is 35.2 Å². The quantitative estimate of drug-likeness (QED) is 0.305. The highest BCUT2D eigenvalue weighted by atomic mass is 32.1. The van der Waals surface area contributed by atoms with E-state index in [-0.39, 0.29) is 11.7 Å². The maximum absolute atomic E-state index is 14.2. The van der Waals surface area contributed by atoms with Gasteiger partial charge in [0.25, 0.3) is 5.91 Å². The molecule has 2 atom stereocenters. The van der Waals surface area contributed by atoms with Gasteiger partial charge >= 0.3 is 6.09 Å². The Morgan fingerprint density at radius 3 is 2.00 bits per heavy atom. The van der Waals surface area contributed by atoms with Crippen LogP contribution in [0.3, 0.4) is 0 Å². The molecule has 0 aliphatic carbocycles. The van der Waals surface area contributed by atoms with Gasteiger partial charge in [-0.05, 0) is 82.9 Å². The van der Waals surface area contributed by atoms with E-state index in [0.29, 0.717) is 23.4 Å². The van der Waals surface area contributed by atoms with Crippen LogP contribution in [0.1, 0.15) is 72.1 Å². The number of ether oxygens (including phenoxy) is 2. The average Bonchev–Trinajstić information content (AvgIpc) is 2.89. The zero-order chi connectivity index (χ0) is 29.4. The van der Waals surface area contributed by atoms with Crippen LogP contribution < -0.4 is 15.4 Å². The van der Waals surface area contributed by atoms with Gasteiger partial charge in [0.1, 0.15) is 23.4 Å². The van der Waals surface area contributed by atoms with Crippen LogP contribution in [0.25, 0.3) is 0 Å². The van der Waals surface area contributed by atoms with Crippen molar-refractivity contribution < 1.29 is 23.9 Å². The fourth-order valence-corrected chi connectivity index (χ4v) is 4.23. The Bertz CT molecular complexity index is 1110. The second kappa shape index (κ2) is 13.7. The standard InChI is InChI=1S/C30H43N3O5S/c1-9-20-11-13-21(14-12-20)25(26(34)31-22-15-17-23(37-8)18-16-22)33(30(6,7)10-2)27(35)24(19-39)32-28(36)38-29(3,4)5/h11-18,24-25,39H,9-10,19H2,1-8H3,(H,31,34)(H,32,36). The van der Waals surface area contributed by atoms with Crippen molar-refractivity contribution >= 4 is 36.2 Å². The van der Waals surface area contributed by atoms with Gasteiger partial charge in [-0.2, -0.15) is 12.6 Å². The van der Waals surface area contributed by atoms with Crippen LogP contribution in [0.5, 0.6) is 5.75 Å². The van der Waals surface area contributed by atoms with Gasteiger partial charge < -0.3 is 25.0 Å². The molecule has 0 heterocycles. The molecule has 2 N–H and O–H groups in total. The largest absolute Gasteiger partial charge is 0.497 e. The Balaban J connectivity index is 2.57. The van der Waals surface area contributed by atoms with Gasteiger partial charge in [0.15, 0.2) is 0 Å². The number of hydrogen-bond donors (Lipinski definition) is 3. The van der Waals surface area contributed by atoms with Crippen LogP contribution in [-0.4, -0.2) is 52.9 Å². The molecule has 2 unspecified atom stereocenters. The van der Waals surface area contributed by atoms with Crippen LogP contribution in [-0.2, 0) is 20.7 Å². The molecule has 0 spiro atoms. The monoisotopic (exact) mass is 557 g/mol. The van der Waals surface area contributed by atoms with Crippen molar-refractivity contribution in [1.82, 2.24) is 10.2 Å². The number of aryl methyl sites for hydroxylation is 1. The Labute approximate surface area is 238 Å². The Morgan fingerprint density at radius 2 is 1.54 bits per heavy atom. The number of nitrogens with one attached hydrogen (secondary N) is 2. The molecule has 0 aliphatic heterocycles. The third-order valence-electron chi connectivity index (χ3n) is 6.49. The molecule has 0 aliphatic rings. The number of nitrogens with zero attached hydrogens (tertiary/aromatic N) is 1. The normalized spacial score (nSPS) is 13.2. The number of rotatable bonds is 11. The van der Waals surface area contributed by atoms with Crippen LogP contribution in [0.4, 0.5) is 10.5 Å². The molecule has 0 radical (unpaired) electrons. The topological polar surface area (TPSA) is 97.0 Å². The maximum Gasteiger partial charge on any atom is 0.408 e. The molecular weight excluding hydrogens is 514 g/mol. The lowest BCUT2D eigenvalue weighted by atomic mass is 9.91. The summed E-state index contributed by atoms with van der Waals surface area (Å²) in [5.41, 5.74) is 0.844. The fraction of sp³-hybridized carbons (Fsp3) is 0.500. The molecule has 8 nitrogen and oxygen atoms in total. The number of amides is 3. The summed E-state index contributed by atoms with van der Waals surface area (Å²) in [6.07, 6.45) is 0.674. The predicted octanol–water partition coefficient (Wildman–Crippen LogP) is 5.78. The number of hydrogen-bond acceptors (Lipinski definition) is 6. The number of benzene rings is 2. The lowest BCUT2D eigenvalue weighted by molar-refractivity contribution is -0.147. The molecule has 214 valence electrons. The first kappa shape index (κ1) is 32.0. The molecule has 0 bridgehead atoms. The smallest absolute Gasteiger partial charge is 0.408 e. The summed E-state index contributed by atoms with van der Waals surface area (Å²) in [5, 5.41) is 5.61. The molecule has 39 heavy (non-hydrogen) atoms. The Kier molecular flexibility index (Phi) is 11.3. The summed E-state index contributed by atoms with van der Waals surface area (Å²) < 4.78 is 10.6. The molecule has 0 saturated carbocycles. The molecule has 0 fully saturated rings. The van der Waals surface area contributed by atoms with E-state index in [9.17, 15) is 14.4 Å². The van der Waals surface area contributed by atoms with Crippen LogP contribution in [0, 0.1) is 0 Å². The molecule has 0 saturated heterocycles. The lowest BCUT2D eigenvalue weighted by Crippen LogP contribution is -2.59. The lowest BCUT2D eigenvalue weighted by Gasteiger charge is -2.44. The fourth-order valence-electron chi connectivity index (χ4n) is 3.99. The van der Waals surface area contributed by atoms with Gasteiger partial charge in [-0.3, -0.25) is 9.59 Å². The summed E-state index contributed by atoms with van der Waals surface area (Å²) >= 11 is 4.36. The van der Waals surface area contributed by atoms with Gasteiger partial charge in [-0.25, -0.2) is 4.79 Å². The number of carbonyl (C=O) groups excluding carboxylic acids is 3. The van der Waals surface area contributed by atoms with Gasteiger partial charge in [0.2, 0.25) is 5.91 Å². The van der Waals surface area contributed by atoms with E-state index in [4.69, 9.17) is 9.47 Å². The predicted molar refractivity (Wildman–Crippen MR) is 158 cm³/mol. The maximum atomic E-state index is 14.2. The molecule has 9 heteroatoms. The highest BCUT2D eigenvalue weighted by Crippen LogP contribution is 2.33. The van der Waals surface area contributed by atoms with E-state index in [1.165, 1.54) is 0 Å². The highest BCUT2D eigenvalue weighted by molar-refractivity contribution is 7.80. The second-order valence-electron chi connectivity index (χ2n) is 11.0. The molecule has 2 aromatic carbocycles. The average molecular weight is 558 g/mol. The van der Waals surface area contributed by atoms with E-state index in [1.54, 1.807) is 57.0 Å². The van der Waals surface area contributed by atoms with Crippen molar-refractivity contribution in [3.05, 3.63) is 59.7 Å². The summed E-state index contributed by atoms with van der Waals surface area (Å²) in [5.74, 6) is -0.129. The van der Waals surface area contributed by atoms with Gasteiger partial charge in [0, 0.05) is 17.0 Å². The Hall–Kier alpha value is -3.20. The van der Waals surface area contributed by atoms with Crippen molar-refractivity contribution in [3.63, 3.8) is 0 Å². The van der Waals surface area contributed by atoms with E-state index in [2.05, 4.69) is 30.2 Å². The van der Waals surface area contributed by atoms with Crippen LogP contribution in [0.15, 0.2) is 48.5 Å². The first-order valence-corrected chi connectivity index (χ1v) is 13.9. The minimum Gasteiger partial charge on any atom is -0.497 e. The highest BCUT2D eigenvalue weighted by Gasteiger charge is 2.43. The summed E-state index contributed by atoms with van der Waals surface area (Å²) in [6.45, 7) is 13.1. The SMILES string of the molecule is CCc1ccc(C(C(=O)Nc2ccc(OC)cc2)N(C(=O)C(CS)NC(=O)OC(C)(C)C)C(C)(C)CC)cc1. The van der Waals surface area contributed by atoms with E-state index >= 15 is 0 Å². The molecule has 2 rings (SSSR count). The summed E-state index contributed by atoms with van der Waals surface area (Å²) in [4.78, 5) is 42.3. The number of thiol groups is 1. The van der Waals surface area contributed by atoms with Gasteiger partial charge in [-0.1, -0.05) is 38.1 Å². The third-order valence-corrected chi connectivity index (χ3v) is 6.86. The van der Waals surface area contributed by atoms with Crippen molar-refractivity contribution in [2.45, 2.75) is 84.5 Å². The molecule has 0 aromatic heterocycles. The van der Waals surface area contributed by atoms with Crippen molar-refractivity contribution in [3.8, 4) is 5.75 Å². The summed E-state index contributed by atoms with van der Waals surface area (Å²) in [7, 11) is 1.57. The van der Waals surface area contributed by atoms with Gasteiger partial charge in [0.05, 0.1) is 7.11 Å². The van der Waals surface area contributed by atoms with E-state index in [0.717, 1.165) is 12.0 Å². The first-order chi connectivity index (χ1) is 18.3. The number of anilines is 1. The van der Waals surface area contributed by atoms with Crippen LogP contribution >= 0.6 is 12.6 Å². The van der Waals surface area contributed by atoms with Crippen molar-refractivity contribution in [1.29, 1.82) is 0 Å². The number of methoxy groups -OCH3 is 1. The van der Waals surface area contributed by atoms with Crippen LogP contribution in [0.2, 0.25) is 0 Å². The van der Waals surface area contributed by atoms with Gasteiger partial charge in [-0.15, -0.1) is 0 Å². The van der Waals surface area contributed by atoms with Crippen molar-refractivity contribution in [2.75, 3.05) is 18.2 Å². The first-order valence-electron chi connectivity index (χ1n) is 13.2. The zero-order valence-electron chi connectivity index (χ0n) is 24.3. The van der Waals surface area contributed by atoms with Crippen molar-refractivity contribution in [2.24, 2.45) is 0 Å². The third kappa shape index (κ3) is 8.92. The minimum atomic E-state index is -1.01. The number of alkyl carbamates (subject to hydrolysis) is 1. The van der Waals surface area contributed by atoms with E-state index in [1.807, 2.05) is 45.0 Å². The minimum absolute atomic E-state index is 0.0238. The Morgan fingerprint density at radius 1 is 0.949 bits per heavy atom. The molecular formula is C30H43N3O5S. The zero-order valence-corrected chi connectivity index (χ0v) is 25.2. The number of carbonyl (C=O) groups is 3. The molecule has 2 aromatic rings. The molecule has 3 amide bonds.